The Morgan fingerprint density at radius 3 is 1.90 bits per heavy atom. The summed E-state index contributed by atoms with van der Waals surface area (Å²) in [5.41, 5.74) is 1.22. The summed E-state index contributed by atoms with van der Waals surface area (Å²) in [4.78, 5) is 14.2. The molecule has 3 heterocycles. The number of aromatic carboxylic acids is 1. The number of aromatic nitrogens is 4. The number of pyridine rings is 2. The van der Waals surface area contributed by atoms with Crippen LogP contribution in [0.4, 0.5) is 0 Å². The van der Waals surface area contributed by atoms with E-state index >= 15 is 0 Å². The molecule has 0 saturated heterocycles. The first kappa shape index (κ1) is 20.1. The van der Waals surface area contributed by atoms with Crippen molar-refractivity contribution in [2.75, 3.05) is 0 Å². The van der Waals surface area contributed by atoms with Crippen molar-refractivity contribution in [3.8, 4) is 40.2 Å². The molecule has 0 spiro atoms. The third-order valence-corrected chi connectivity index (χ3v) is 3.72. The number of carboxylic acids is 1. The Labute approximate surface area is 168 Å². The van der Waals surface area contributed by atoms with E-state index in [-0.39, 0.29) is 5.56 Å². The van der Waals surface area contributed by atoms with E-state index < -0.39 is 23.2 Å². The molecule has 4 aromatic rings. The number of phenols is 3. The quantitative estimate of drug-likeness (QED) is 0.222. The molecule has 0 bridgehead atoms. The van der Waals surface area contributed by atoms with Gasteiger partial charge in [-0.3, -0.25) is 4.98 Å². The summed E-state index contributed by atoms with van der Waals surface area (Å²) in [6.07, 6.45) is 6.07. The lowest BCUT2D eigenvalue weighted by Crippen LogP contribution is -2.23. The van der Waals surface area contributed by atoms with Crippen LogP contribution in [0.25, 0.3) is 22.9 Å². The molecule has 0 atom stereocenters. The highest BCUT2D eigenvalue weighted by Gasteiger charge is 2.12. The van der Waals surface area contributed by atoms with Gasteiger partial charge in [0.05, 0.1) is 11.1 Å². The van der Waals surface area contributed by atoms with E-state index in [1.165, 1.54) is 12.4 Å². The van der Waals surface area contributed by atoms with E-state index in [4.69, 9.17) is 24.8 Å². The van der Waals surface area contributed by atoms with Gasteiger partial charge in [0.25, 0.3) is 0 Å². The minimum Gasteiger partial charge on any atom is -0.619 e. The van der Waals surface area contributed by atoms with Gasteiger partial charge in [-0.25, -0.2) is 4.79 Å². The van der Waals surface area contributed by atoms with Gasteiger partial charge in [0.1, 0.15) is 0 Å². The van der Waals surface area contributed by atoms with Crippen molar-refractivity contribution in [3.63, 3.8) is 0 Å². The van der Waals surface area contributed by atoms with E-state index in [0.717, 1.165) is 17.7 Å². The summed E-state index contributed by atoms with van der Waals surface area (Å²) in [6.45, 7) is 0. The zero-order valence-electron chi connectivity index (χ0n) is 15.1. The molecule has 0 aliphatic heterocycles. The van der Waals surface area contributed by atoms with Gasteiger partial charge in [-0.2, -0.15) is 4.73 Å². The van der Waals surface area contributed by atoms with Crippen LogP contribution < -0.4 is 4.73 Å². The summed E-state index contributed by atoms with van der Waals surface area (Å²) in [7, 11) is 0. The van der Waals surface area contributed by atoms with Gasteiger partial charge in [0.2, 0.25) is 11.8 Å². The molecule has 152 valence electrons. The largest absolute Gasteiger partial charge is 0.619 e. The molecular weight excluding hydrogens is 396 g/mol. The first-order chi connectivity index (χ1) is 14.3. The topological polar surface area (TPSA) is 177 Å². The van der Waals surface area contributed by atoms with Gasteiger partial charge in [-0.15, -0.1) is 10.2 Å². The second-order valence-corrected chi connectivity index (χ2v) is 5.76. The van der Waals surface area contributed by atoms with Gasteiger partial charge < -0.3 is 30.1 Å². The highest BCUT2D eigenvalue weighted by atomic mass is 16.5. The number of nitrogens with zero attached hydrogens (tertiary/aromatic N) is 4. The summed E-state index contributed by atoms with van der Waals surface area (Å²) >= 11 is 0. The molecule has 3 aromatic heterocycles. The molecule has 0 radical (unpaired) electrons. The van der Waals surface area contributed by atoms with Crippen molar-refractivity contribution < 1.29 is 34.4 Å². The van der Waals surface area contributed by atoms with Crippen LogP contribution in [0, 0.1) is 5.21 Å². The number of rotatable bonds is 3. The zero-order chi connectivity index (χ0) is 21.7. The van der Waals surface area contributed by atoms with Crippen LogP contribution in [0.3, 0.4) is 0 Å². The minimum atomic E-state index is -1.29. The summed E-state index contributed by atoms with van der Waals surface area (Å²) in [5.74, 6) is -2.53. The van der Waals surface area contributed by atoms with Crippen LogP contribution in [-0.4, -0.2) is 41.6 Å². The van der Waals surface area contributed by atoms with Gasteiger partial charge >= 0.3 is 5.97 Å². The molecule has 11 nitrogen and oxygen atoms in total. The van der Waals surface area contributed by atoms with E-state index in [2.05, 4.69) is 15.2 Å². The SMILES string of the molecule is O=C(O)c1cc(O)c(O)c(O)c1.[O-][n+]1ccc(-c2nnc(-c3ccncc3)o2)cc1. The Hall–Kier alpha value is -4.67. The smallest absolute Gasteiger partial charge is 0.335 e. The Morgan fingerprint density at radius 2 is 1.40 bits per heavy atom. The first-order valence-corrected chi connectivity index (χ1v) is 8.26. The average Bonchev–Trinajstić information content (AvgIpc) is 3.23. The fourth-order valence-electron chi connectivity index (χ4n) is 2.23. The van der Waals surface area contributed by atoms with E-state index in [1.54, 1.807) is 36.7 Å². The van der Waals surface area contributed by atoms with Crippen molar-refractivity contribution in [1.82, 2.24) is 15.2 Å². The Balaban J connectivity index is 0.000000187. The fourth-order valence-corrected chi connectivity index (χ4v) is 2.23. The monoisotopic (exact) mass is 410 g/mol. The summed E-state index contributed by atoms with van der Waals surface area (Å²) in [5, 5.41) is 53.8. The molecule has 0 saturated carbocycles. The lowest BCUT2D eigenvalue weighted by atomic mass is 10.2. The van der Waals surface area contributed by atoms with E-state index in [1.807, 2.05) is 0 Å². The van der Waals surface area contributed by atoms with Crippen LogP contribution in [0.15, 0.2) is 65.6 Å². The third kappa shape index (κ3) is 4.59. The van der Waals surface area contributed by atoms with Gasteiger partial charge in [-0.05, 0) is 24.3 Å². The normalized spacial score (nSPS) is 10.1. The second-order valence-electron chi connectivity index (χ2n) is 5.76. The molecule has 30 heavy (non-hydrogen) atoms. The number of aromatic hydroxyl groups is 3. The lowest BCUT2D eigenvalue weighted by molar-refractivity contribution is -0.605. The zero-order valence-corrected chi connectivity index (χ0v) is 15.1. The number of carbonyl (C=O) groups is 1. The fraction of sp³-hybridized carbons (Fsp3) is 0. The summed E-state index contributed by atoms with van der Waals surface area (Å²) in [6, 6.07) is 8.50. The maximum absolute atomic E-state index is 10.9. The van der Waals surface area contributed by atoms with Crippen LogP contribution in [0.1, 0.15) is 10.4 Å². The number of benzene rings is 1. The molecule has 0 aliphatic rings. The Morgan fingerprint density at radius 1 is 0.900 bits per heavy atom. The average molecular weight is 410 g/mol. The van der Waals surface area contributed by atoms with Crippen LogP contribution in [0.5, 0.6) is 17.2 Å². The molecule has 0 unspecified atom stereocenters. The van der Waals surface area contributed by atoms with Crippen molar-refractivity contribution >= 4 is 5.97 Å². The van der Waals surface area contributed by atoms with Gasteiger partial charge in [0, 0.05) is 30.1 Å². The highest BCUT2D eigenvalue weighted by molar-refractivity contribution is 5.89. The number of carboxylic acid groups (broad SMARTS) is 1. The predicted octanol–water partition coefficient (Wildman–Crippen LogP) is 1.93. The highest BCUT2D eigenvalue weighted by Crippen LogP contribution is 2.35. The Kier molecular flexibility index (Phi) is 5.73. The second kappa shape index (κ2) is 8.56. The lowest BCUT2D eigenvalue weighted by Gasteiger charge is -2.01. The molecule has 1 aromatic carbocycles. The van der Waals surface area contributed by atoms with E-state index in [9.17, 15) is 10.0 Å². The number of hydrogen-bond donors (Lipinski definition) is 4. The number of hydrogen-bond acceptors (Lipinski definition) is 9. The van der Waals surface area contributed by atoms with Crippen molar-refractivity contribution in [1.29, 1.82) is 0 Å². The molecule has 0 amide bonds. The molecule has 4 rings (SSSR count). The Bertz CT molecular complexity index is 1140. The van der Waals surface area contributed by atoms with Crippen LogP contribution >= 0.6 is 0 Å². The molecule has 0 aliphatic carbocycles. The standard InChI is InChI=1S/C12H8N4O2.C7H6O5/c17-16-7-3-10(4-8-16)12-15-14-11(18-12)9-1-5-13-6-2-9;8-4-1-3(7(11)12)2-5(9)6(4)10/h1-8H;1-2,8-10H,(H,11,12). The maximum atomic E-state index is 10.9. The van der Waals surface area contributed by atoms with Gasteiger partial charge in [-0.1, -0.05) is 0 Å². The minimum absolute atomic E-state index is 0.289. The summed E-state index contributed by atoms with van der Waals surface area (Å²) < 4.78 is 6.23. The van der Waals surface area contributed by atoms with Crippen molar-refractivity contribution in [2.45, 2.75) is 0 Å². The molecular formula is C19H14N4O7. The molecule has 11 heteroatoms. The molecule has 4 N–H and O–H groups in total. The van der Waals surface area contributed by atoms with E-state index in [0.29, 0.717) is 22.1 Å². The maximum Gasteiger partial charge on any atom is 0.335 e. The van der Waals surface area contributed by atoms with Crippen LogP contribution in [-0.2, 0) is 0 Å². The number of phenolic OH excluding ortho intramolecular Hbond substituents is 3. The van der Waals surface area contributed by atoms with Crippen LogP contribution in [0.2, 0.25) is 0 Å². The van der Waals surface area contributed by atoms with Crippen molar-refractivity contribution in [2.24, 2.45) is 0 Å². The predicted molar refractivity (Wildman–Crippen MR) is 100 cm³/mol. The van der Waals surface area contributed by atoms with Crippen molar-refractivity contribution in [3.05, 3.63) is 72.0 Å². The third-order valence-electron chi connectivity index (χ3n) is 3.72. The van der Waals surface area contributed by atoms with Gasteiger partial charge in [0.15, 0.2) is 29.6 Å². The first-order valence-electron chi connectivity index (χ1n) is 8.26. The molecule has 0 fully saturated rings.